The van der Waals surface area contributed by atoms with Gasteiger partial charge in [-0.3, -0.25) is 4.79 Å². The lowest BCUT2D eigenvalue weighted by Gasteiger charge is -2.14. The largest absolute Gasteiger partial charge is 0.494 e. The number of benzene rings is 1. The van der Waals surface area contributed by atoms with Crippen LogP contribution in [0.3, 0.4) is 0 Å². The lowest BCUT2D eigenvalue weighted by Crippen LogP contribution is -2.41. The summed E-state index contributed by atoms with van der Waals surface area (Å²) in [6.45, 7) is 2.99. The van der Waals surface area contributed by atoms with Crippen LogP contribution in [0.2, 0.25) is 0 Å². The SMILES string of the molecule is CCCCOc1ccc(C(=O)NC(CCOC)C(=O)O)cc1. The van der Waals surface area contributed by atoms with Crippen molar-refractivity contribution in [2.75, 3.05) is 20.3 Å². The predicted molar refractivity (Wildman–Crippen MR) is 82.2 cm³/mol. The monoisotopic (exact) mass is 309 g/mol. The molecule has 1 atom stereocenters. The second kappa shape index (κ2) is 9.78. The van der Waals surface area contributed by atoms with E-state index in [1.807, 2.05) is 0 Å². The van der Waals surface area contributed by atoms with Crippen molar-refractivity contribution in [3.8, 4) is 5.75 Å². The highest BCUT2D eigenvalue weighted by molar-refractivity contribution is 5.96. The van der Waals surface area contributed by atoms with Crippen LogP contribution in [0, 0.1) is 0 Å². The van der Waals surface area contributed by atoms with E-state index in [9.17, 15) is 9.59 Å². The quantitative estimate of drug-likeness (QED) is 0.646. The minimum Gasteiger partial charge on any atom is -0.494 e. The van der Waals surface area contributed by atoms with Crippen LogP contribution in [-0.4, -0.2) is 43.3 Å². The van der Waals surface area contributed by atoms with Crippen molar-refractivity contribution in [3.05, 3.63) is 29.8 Å². The van der Waals surface area contributed by atoms with Gasteiger partial charge in [-0.25, -0.2) is 4.79 Å². The maximum Gasteiger partial charge on any atom is 0.326 e. The van der Waals surface area contributed by atoms with Crippen molar-refractivity contribution in [2.24, 2.45) is 0 Å². The Labute approximate surface area is 130 Å². The summed E-state index contributed by atoms with van der Waals surface area (Å²) in [5.74, 6) is -0.812. The highest BCUT2D eigenvalue weighted by atomic mass is 16.5. The Morgan fingerprint density at radius 2 is 1.91 bits per heavy atom. The number of carbonyl (C=O) groups is 2. The van der Waals surface area contributed by atoms with Crippen molar-refractivity contribution in [2.45, 2.75) is 32.2 Å². The number of carbonyl (C=O) groups excluding carboxylic acids is 1. The van der Waals surface area contributed by atoms with Crippen LogP contribution in [0.25, 0.3) is 0 Å². The molecule has 0 aliphatic heterocycles. The molecule has 0 saturated heterocycles. The molecule has 0 aliphatic rings. The summed E-state index contributed by atoms with van der Waals surface area (Å²) < 4.78 is 10.4. The smallest absolute Gasteiger partial charge is 0.326 e. The molecule has 1 rings (SSSR count). The van der Waals surface area contributed by atoms with E-state index < -0.39 is 17.9 Å². The molecule has 1 aromatic rings. The summed E-state index contributed by atoms with van der Waals surface area (Å²) in [5.41, 5.74) is 0.395. The van der Waals surface area contributed by atoms with Crippen LogP contribution in [-0.2, 0) is 9.53 Å². The van der Waals surface area contributed by atoms with E-state index in [-0.39, 0.29) is 13.0 Å². The van der Waals surface area contributed by atoms with Crippen LogP contribution in [0.5, 0.6) is 5.75 Å². The molecule has 22 heavy (non-hydrogen) atoms. The molecule has 6 nitrogen and oxygen atoms in total. The van der Waals surface area contributed by atoms with Crippen molar-refractivity contribution < 1.29 is 24.2 Å². The molecule has 1 aromatic carbocycles. The molecule has 0 fully saturated rings. The van der Waals surface area contributed by atoms with Crippen molar-refractivity contribution in [3.63, 3.8) is 0 Å². The van der Waals surface area contributed by atoms with E-state index in [1.54, 1.807) is 24.3 Å². The number of amides is 1. The standard InChI is InChI=1S/C16H23NO5/c1-3-4-10-22-13-7-5-12(6-8-13)15(18)17-14(16(19)20)9-11-21-2/h5-8,14H,3-4,9-11H2,1-2H3,(H,17,18)(H,19,20). The Morgan fingerprint density at radius 3 is 2.45 bits per heavy atom. The van der Waals surface area contributed by atoms with Crippen LogP contribution in [0.4, 0.5) is 0 Å². The van der Waals surface area contributed by atoms with E-state index >= 15 is 0 Å². The van der Waals surface area contributed by atoms with Gasteiger partial charge in [-0.05, 0) is 30.7 Å². The molecule has 2 N–H and O–H groups in total. The summed E-state index contributed by atoms with van der Waals surface area (Å²) in [5, 5.41) is 11.6. The van der Waals surface area contributed by atoms with Gasteiger partial charge in [-0.2, -0.15) is 0 Å². The lowest BCUT2D eigenvalue weighted by atomic mass is 10.1. The molecule has 0 aromatic heterocycles. The Balaban J connectivity index is 2.58. The first-order valence-electron chi connectivity index (χ1n) is 7.34. The van der Waals surface area contributed by atoms with E-state index in [4.69, 9.17) is 14.6 Å². The van der Waals surface area contributed by atoms with Crippen molar-refractivity contribution >= 4 is 11.9 Å². The first-order chi connectivity index (χ1) is 10.6. The molecule has 0 radical (unpaired) electrons. The van der Waals surface area contributed by atoms with Gasteiger partial charge in [0, 0.05) is 25.7 Å². The van der Waals surface area contributed by atoms with Gasteiger partial charge >= 0.3 is 5.97 Å². The maximum atomic E-state index is 12.0. The Hall–Kier alpha value is -2.08. The van der Waals surface area contributed by atoms with Gasteiger partial charge < -0.3 is 19.9 Å². The average Bonchev–Trinajstić information content (AvgIpc) is 2.51. The van der Waals surface area contributed by atoms with Crippen LogP contribution in [0.15, 0.2) is 24.3 Å². The summed E-state index contributed by atoms with van der Waals surface area (Å²) >= 11 is 0. The summed E-state index contributed by atoms with van der Waals surface area (Å²) in [4.78, 5) is 23.1. The number of unbranched alkanes of at least 4 members (excludes halogenated alkanes) is 1. The minimum atomic E-state index is -1.08. The first kappa shape index (κ1) is 18.0. The Kier molecular flexibility index (Phi) is 7.99. The fraction of sp³-hybridized carbons (Fsp3) is 0.500. The number of rotatable bonds is 10. The number of ether oxygens (including phenoxy) is 2. The number of hydrogen-bond donors (Lipinski definition) is 2. The third-order valence-corrected chi connectivity index (χ3v) is 3.10. The second-order valence-electron chi connectivity index (χ2n) is 4.87. The van der Waals surface area contributed by atoms with Gasteiger partial charge in [0.15, 0.2) is 0 Å². The molecular weight excluding hydrogens is 286 g/mol. The highest BCUT2D eigenvalue weighted by Crippen LogP contribution is 2.13. The molecule has 0 spiro atoms. The van der Waals surface area contributed by atoms with Gasteiger partial charge in [-0.15, -0.1) is 0 Å². The number of aliphatic carboxylic acids is 1. The van der Waals surface area contributed by atoms with Gasteiger partial charge in [0.05, 0.1) is 6.61 Å². The van der Waals surface area contributed by atoms with Gasteiger partial charge in [-0.1, -0.05) is 13.3 Å². The number of carboxylic acid groups (broad SMARTS) is 1. The Morgan fingerprint density at radius 1 is 1.23 bits per heavy atom. The fourth-order valence-corrected chi connectivity index (χ4v) is 1.77. The van der Waals surface area contributed by atoms with Crippen LogP contribution < -0.4 is 10.1 Å². The first-order valence-corrected chi connectivity index (χ1v) is 7.34. The van der Waals surface area contributed by atoms with Crippen LogP contribution >= 0.6 is 0 Å². The molecule has 1 amide bonds. The zero-order valence-electron chi connectivity index (χ0n) is 13.0. The zero-order valence-corrected chi connectivity index (χ0v) is 13.0. The Bertz CT molecular complexity index is 472. The third kappa shape index (κ3) is 6.13. The molecule has 0 heterocycles. The van der Waals surface area contributed by atoms with Crippen molar-refractivity contribution in [1.82, 2.24) is 5.32 Å². The topological polar surface area (TPSA) is 84.9 Å². The summed E-state index contributed by atoms with van der Waals surface area (Å²) in [6.07, 6.45) is 2.25. The molecule has 0 saturated carbocycles. The molecule has 1 unspecified atom stereocenters. The summed E-state index contributed by atoms with van der Waals surface area (Å²) in [7, 11) is 1.48. The number of nitrogens with one attached hydrogen (secondary N) is 1. The maximum absolute atomic E-state index is 12.0. The number of hydrogen-bond acceptors (Lipinski definition) is 4. The molecule has 6 heteroatoms. The highest BCUT2D eigenvalue weighted by Gasteiger charge is 2.20. The fourth-order valence-electron chi connectivity index (χ4n) is 1.77. The molecule has 0 bridgehead atoms. The number of carboxylic acids is 1. The average molecular weight is 309 g/mol. The van der Waals surface area contributed by atoms with E-state index in [1.165, 1.54) is 7.11 Å². The van der Waals surface area contributed by atoms with Crippen molar-refractivity contribution in [1.29, 1.82) is 0 Å². The number of methoxy groups -OCH3 is 1. The second-order valence-corrected chi connectivity index (χ2v) is 4.87. The minimum absolute atomic E-state index is 0.218. The van der Waals surface area contributed by atoms with E-state index in [2.05, 4.69) is 12.2 Å². The lowest BCUT2D eigenvalue weighted by molar-refractivity contribution is -0.139. The zero-order chi connectivity index (χ0) is 16.4. The predicted octanol–water partition coefficient (Wildman–Crippen LogP) is 2.08. The molecule has 0 aliphatic carbocycles. The third-order valence-electron chi connectivity index (χ3n) is 3.10. The van der Waals surface area contributed by atoms with Gasteiger partial charge in [0.25, 0.3) is 5.91 Å². The van der Waals surface area contributed by atoms with E-state index in [0.717, 1.165) is 12.8 Å². The van der Waals surface area contributed by atoms with E-state index in [0.29, 0.717) is 17.9 Å². The normalized spacial score (nSPS) is 11.7. The van der Waals surface area contributed by atoms with Gasteiger partial charge in [0.1, 0.15) is 11.8 Å². The van der Waals surface area contributed by atoms with Crippen LogP contribution in [0.1, 0.15) is 36.5 Å². The molecule has 122 valence electrons. The van der Waals surface area contributed by atoms with Gasteiger partial charge in [0.2, 0.25) is 0 Å². The summed E-state index contributed by atoms with van der Waals surface area (Å²) in [6, 6.07) is 5.68. The molecular formula is C16H23NO5.